The van der Waals surface area contributed by atoms with Gasteiger partial charge in [-0.15, -0.1) is 0 Å². The van der Waals surface area contributed by atoms with Gasteiger partial charge in [0, 0.05) is 30.9 Å². The maximum atomic E-state index is 4.33. The van der Waals surface area contributed by atoms with Gasteiger partial charge in [-0.05, 0) is 37.5 Å². The van der Waals surface area contributed by atoms with Gasteiger partial charge < -0.3 is 5.32 Å². The number of aryl methyl sites for hydroxylation is 1. The number of hydrogen-bond donors (Lipinski definition) is 1. The van der Waals surface area contributed by atoms with Crippen molar-refractivity contribution in [1.29, 1.82) is 0 Å². The molecular weight excluding hydrogens is 222 g/mol. The van der Waals surface area contributed by atoms with Crippen LogP contribution in [0.3, 0.4) is 0 Å². The molecule has 0 atom stereocenters. The zero-order chi connectivity index (χ0) is 12.4. The molecule has 3 rings (SSSR count). The molecule has 1 aromatic heterocycles. The summed E-state index contributed by atoms with van der Waals surface area (Å²) in [4.78, 5) is 0. The van der Waals surface area contributed by atoms with Gasteiger partial charge in [0.25, 0.3) is 0 Å². The Balaban J connectivity index is 1.80. The van der Waals surface area contributed by atoms with Crippen LogP contribution in [0, 0.1) is 0 Å². The first-order valence-corrected chi connectivity index (χ1v) is 6.71. The minimum absolute atomic E-state index is 0.759. The van der Waals surface area contributed by atoms with Gasteiger partial charge >= 0.3 is 0 Å². The van der Waals surface area contributed by atoms with E-state index in [1.807, 2.05) is 10.9 Å². The summed E-state index contributed by atoms with van der Waals surface area (Å²) >= 11 is 0. The van der Waals surface area contributed by atoms with E-state index in [2.05, 4.69) is 47.7 Å². The summed E-state index contributed by atoms with van der Waals surface area (Å²) in [6.07, 6.45) is 4.54. The van der Waals surface area contributed by atoms with Crippen LogP contribution in [-0.2, 0) is 13.1 Å². The van der Waals surface area contributed by atoms with Crippen LogP contribution in [0.4, 0.5) is 0 Å². The van der Waals surface area contributed by atoms with Gasteiger partial charge in [0.1, 0.15) is 0 Å². The highest BCUT2D eigenvalue weighted by atomic mass is 15.3. The lowest BCUT2D eigenvalue weighted by molar-refractivity contribution is 0.666. The van der Waals surface area contributed by atoms with E-state index in [-0.39, 0.29) is 0 Å². The SMILES string of the molecule is CCn1nccc1-c1cccc(CNC2CC2)c1. The Kier molecular flexibility index (Phi) is 3.15. The molecule has 0 unspecified atom stereocenters. The summed E-state index contributed by atoms with van der Waals surface area (Å²) < 4.78 is 2.04. The molecule has 0 amide bonds. The molecule has 18 heavy (non-hydrogen) atoms. The molecule has 1 aromatic carbocycles. The van der Waals surface area contributed by atoms with E-state index in [0.717, 1.165) is 19.1 Å². The Morgan fingerprint density at radius 1 is 1.33 bits per heavy atom. The Morgan fingerprint density at radius 2 is 2.22 bits per heavy atom. The normalized spacial score (nSPS) is 14.9. The molecule has 1 fully saturated rings. The van der Waals surface area contributed by atoms with Crippen molar-refractivity contribution in [3.8, 4) is 11.3 Å². The van der Waals surface area contributed by atoms with E-state index in [1.54, 1.807) is 0 Å². The quantitative estimate of drug-likeness (QED) is 0.872. The maximum absolute atomic E-state index is 4.33. The van der Waals surface area contributed by atoms with Gasteiger partial charge in [-0.25, -0.2) is 0 Å². The molecule has 3 heteroatoms. The van der Waals surface area contributed by atoms with E-state index in [0.29, 0.717) is 0 Å². The summed E-state index contributed by atoms with van der Waals surface area (Å²) in [5.74, 6) is 0. The molecule has 2 aromatic rings. The molecule has 0 bridgehead atoms. The van der Waals surface area contributed by atoms with Gasteiger partial charge in [0.15, 0.2) is 0 Å². The number of nitrogens with one attached hydrogen (secondary N) is 1. The molecule has 1 aliphatic rings. The Bertz CT molecular complexity index is 526. The van der Waals surface area contributed by atoms with Crippen LogP contribution >= 0.6 is 0 Å². The molecule has 3 nitrogen and oxygen atoms in total. The fourth-order valence-electron chi connectivity index (χ4n) is 2.22. The zero-order valence-electron chi connectivity index (χ0n) is 10.8. The molecular formula is C15H19N3. The Labute approximate surface area is 108 Å². The van der Waals surface area contributed by atoms with Crippen LogP contribution in [0.25, 0.3) is 11.3 Å². The highest BCUT2D eigenvalue weighted by Gasteiger charge is 2.19. The fraction of sp³-hybridized carbons (Fsp3) is 0.400. The summed E-state index contributed by atoms with van der Waals surface area (Å²) in [7, 11) is 0. The average molecular weight is 241 g/mol. The lowest BCUT2D eigenvalue weighted by atomic mass is 10.1. The van der Waals surface area contributed by atoms with Gasteiger partial charge in [0.2, 0.25) is 0 Å². The molecule has 1 aliphatic carbocycles. The number of benzene rings is 1. The van der Waals surface area contributed by atoms with Gasteiger partial charge in [-0.2, -0.15) is 5.10 Å². The minimum Gasteiger partial charge on any atom is -0.310 e. The third-order valence-corrected chi connectivity index (χ3v) is 3.41. The predicted octanol–water partition coefficient (Wildman–Crippen LogP) is 2.82. The Morgan fingerprint density at radius 3 is 3.00 bits per heavy atom. The van der Waals surface area contributed by atoms with E-state index in [9.17, 15) is 0 Å². The highest BCUT2D eigenvalue weighted by molar-refractivity contribution is 5.60. The van der Waals surface area contributed by atoms with Crippen LogP contribution in [-0.4, -0.2) is 15.8 Å². The van der Waals surface area contributed by atoms with Crippen LogP contribution in [0.1, 0.15) is 25.3 Å². The van der Waals surface area contributed by atoms with Crippen molar-refractivity contribution in [2.75, 3.05) is 0 Å². The molecule has 0 spiro atoms. The Hall–Kier alpha value is -1.61. The number of hydrogen-bond acceptors (Lipinski definition) is 2. The van der Waals surface area contributed by atoms with E-state index in [1.165, 1.54) is 29.7 Å². The largest absolute Gasteiger partial charge is 0.310 e. The van der Waals surface area contributed by atoms with Crippen molar-refractivity contribution in [3.05, 3.63) is 42.1 Å². The van der Waals surface area contributed by atoms with Crippen LogP contribution in [0.5, 0.6) is 0 Å². The monoisotopic (exact) mass is 241 g/mol. The molecule has 1 saturated carbocycles. The van der Waals surface area contributed by atoms with Crippen LogP contribution in [0.15, 0.2) is 36.5 Å². The molecule has 1 N–H and O–H groups in total. The summed E-state index contributed by atoms with van der Waals surface area (Å²) in [6, 6.07) is 11.6. The zero-order valence-corrected chi connectivity index (χ0v) is 10.8. The van der Waals surface area contributed by atoms with E-state index >= 15 is 0 Å². The third-order valence-electron chi connectivity index (χ3n) is 3.41. The van der Waals surface area contributed by atoms with Crippen molar-refractivity contribution >= 4 is 0 Å². The van der Waals surface area contributed by atoms with Crippen LogP contribution < -0.4 is 5.32 Å². The first kappa shape index (κ1) is 11.5. The van der Waals surface area contributed by atoms with Crippen LogP contribution in [0.2, 0.25) is 0 Å². The van der Waals surface area contributed by atoms with Crippen molar-refractivity contribution in [3.63, 3.8) is 0 Å². The highest BCUT2D eigenvalue weighted by Crippen LogP contribution is 2.22. The summed E-state index contributed by atoms with van der Waals surface area (Å²) in [5, 5.41) is 7.88. The first-order chi connectivity index (χ1) is 8.86. The maximum Gasteiger partial charge on any atom is 0.0682 e. The number of nitrogens with zero attached hydrogens (tertiary/aromatic N) is 2. The van der Waals surface area contributed by atoms with Gasteiger partial charge in [0.05, 0.1) is 5.69 Å². The molecule has 0 aliphatic heterocycles. The molecule has 94 valence electrons. The van der Waals surface area contributed by atoms with Crippen molar-refractivity contribution in [1.82, 2.24) is 15.1 Å². The number of rotatable bonds is 5. The van der Waals surface area contributed by atoms with Gasteiger partial charge in [-0.3, -0.25) is 4.68 Å². The second-order valence-corrected chi connectivity index (χ2v) is 4.89. The standard InChI is InChI=1S/C15H19N3/c1-2-18-15(8-9-17-18)13-5-3-4-12(10-13)11-16-14-6-7-14/h3-5,8-10,14,16H,2,6-7,11H2,1H3. The summed E-state index contributed by atoms with van der Waals surface area (Å²) in [6.45, 7) is 4.00. The van der Waals surface area contributed by atoms with E-state index < -0.39 is 0 Å². The molecule has 1 heterocycles. The van der Waals surface area contributed by atoms with Crippen molar-refractivity contribution in [2.45, 2.75) is 38.9 Å². The van der Waals surface area contributed by atoms with Crippen molar-refractivity contribution < 1.29 is 0 Å². The number of aromatic nitrogens is 2. The summed E-state index contributed by atoms with van der Waals surface area (Å²) in [5.41, 5.74) is 3.80. The van der Waals surface area contributed by atoms with Gasteiger partial charge in [-0.1, -0.05) is 18.2 Å². The minimum atomic E-state index is 0.759. The second kappa shape index (κ2) is 4.94. The second-order valence-electron chi connectivity index (χ2n) is 4.89. The lowest BCUT2D eigenvalue weighted by Crippen LogP contribution is -2.15. The van der Waals surface area contributed by atoms with E-state index in [4.69, 9.17) is 0 Å². The molecule has 0 radical (unpaired) electrons. The topological polar surface area (TPSA) is 29.9 Å². The molecule has 0 saturated heterocycles. The lowest BCUT2D eigenvalue weighted by Gasteiger charge is -2.08. The third kappa shape index (κ3) is 2.46. The average Bonchev–Trinajstić information content (AvgIpc) is 3.12. The first-order valence-electron chi connectivity index (χ1n) is 6.71. The van der Waals surface area contributed by atoms with Crippen molar-refractivity contribution in [2.24, 2.45) is 0 Å². The fourth-order valence-corrected chi connectivity index (χ4v) is 2.22. The smallest absolute Gasteiger partial charge is 0.0682 e. The predicted molar refractivity (Wildman–Crippen MR) is 73.2 cm³/mol.